The Morgan fingerprint density at radius 3 is 2.62 bits per heavy atom. The Morgan fingerprint density at radius 2 is 1.94 bits per heavy atom. The van der Waals surface area contributed by atoms with E-state index in [9.17, 15) is 18.0 Å². The van der Waals surface area contributed by atoms with E-state index in [0.29, 0.717) is 38.3 Å². The van der Waals surface area contributed by atoms with E-state index in [1.54, 1.807) is 12.1 Å². The summed E-state index contributed by atoms with van der Waals surface area (Å²) >= 11 is 0. The van der Waals surface area contributed by atoms with E-state index < -0.39 is 22.0 Å². The number of ether oxygens (including phenoxy) is 2. The van der Waals surface area contributed by atoms with Crippen molar-refractivity contribution < 1.29 is 31.9 Å². The van der Waals surface area contributed by atoms with Crippen LogP contribution in [0.4, 0.5) is 5.69 Å². The lowest BCUT2D eigenvalue weighted by molar-refractivity contribution is -0.119. The summed E-state index contributed by atoms with van der Waals surface area (Å²) in [5.41, 5.74) is 0.226. The molecule has 0 radical (unpaired) electrons. The van der Waals surface area contributed by atoms with E-state index in [0.717, 1.165) is 0 Å². The number of anilines is 1. The molecule has 2 fully saturated rings. The Labute approximate surface area is 186 Å². The zero-order valence-electron chi connectivity index (χ0n) is 17.7. The highest BCUT2D eigenvalue weighted by Crippen LogP contribution is 2.30. The lowest BCUT2D eigenvalue weighted by atomic mass is 10.2. The first-order valence-electron chi connectivity index (χ1n) is 10.3. The number of furan rings is 1. The average molecular weight is 464 g/mol. The van der Waals surface area contributed by atoms with Gasteiger partial charge in [0.25, 0.3) is 5.91 Å². The number of likely N-dealkylation sites (tertiary alicyclic amines) is 1. The maximum Gasteiger partial charge on any atom is 0.290 e. The Morgan fingerprint density at radius 1 is 1.16 bits per heavy atom. The molecule has 1 atom stereocenters. The van der Waals surface area contributed by atoms with Crippen LogP contribution in [0.25, 0.3) is 0 Å². The highest BCUT2D eigenvalue weighted by molar-refractivity contribution is 7.89. The number of carbonyl (C=O) groups is 2. The third kappa shape index (κ3) is 4.36. The van der Waals surface area contributed by atoms with Gasteiger partial charge < -0.3 is 24.1 Å². The summed E-state index contributed by atoms with van der Waals surface area (Å²) < 4.78 is 43.1. The molecule has 1 aromatic carbocycles. The van der Waals surface area contributed by atoms with E-state index in [1.165, 1.54) is 40.8 Å². The number of rotatable bonds is 6. The molecule has 0 aliphatic carbocycles. The van der Waals surface area contributed by atoms with Crippen LogP contribution < -0.4 is 10.1 Å². The quantitative estimate of drug-likeness (QED) is 0.690. The summed E-state index contributed by atoms with van der Waals surface area (Å²) in [6, 6.07) is 6.80. The highest BCUT2D eigenvalue weighted by atomic mass is 32.2. The summed E-state index contributed by atoms with van der Waals surface area (Å²) in [6.45, 7) is 1.63. The minimum Gasteiger partial charge on any atom is -0.495 e. The SMILES string of the molecule is COc1ccc(S(=O)(=O)N2CCOCC2)cc1NC(=O)[C@@H]1CCCN1C(=O)c1ccco1. The topological polar surface area (TPSA) is 118 Å². The van der Waals surface area contributed by atoms with E-state index in [-0.39, 0.29) is 35.3 Å². The van der Waals surface area contributed by atoms with Crippen LogP contribution in [0.2, 0.25) is 0 Å². The van der Waals surface area contributed by atoms with E-state index in [2.05, 4.69) is 5.32 Å². The van der Waals surface area contributed by atoms with Gasteiger partial charge in [-0.1, -0.05) is 0 Å². The summed E-state index contributed by atoms with van der Waals surface area (Å²) in [5, 5.41) is 2.75. The maximum absolute atomic E-state index is 13.1. The molecule has 0 spiro atoms. The molecular weight excluding hydrogens is 438 g/mol. The van der Waals surface area contributed by atoms with Crippen LogP contribution >= 0.6 is 0 Å². The number of nitrogens with zero attached hydrogens (tertiary/aromatic N) is 2. The number of nitrogens with one attached hydrogen (secondary N) is 1. The molecule has 0 bridgehead atoms. The number of amides is 2. The van der Waals surface area contributed by atoms with Gasteiger partial charge in [0.05, 0.1) is 37.2 Å². The molecule has 2 aliphatic heterocycles. The average Bonchev–Trinajstić information content (AvgIpc) is 3.51. The van der Waals surface area contributed by atoms with Crippen LogP contribution in [0.15, 0.2) is 45.9 Å². The molecule has 2 saturated heterocycles. The molecule has 0 saturated carbocycles. The van der Waals surface area contributed by atoms with Gasteiger partial charge in [-0.05, 0) is 43.2 Å². The molecule has 2 aromatic rings. The Hall–Kier alpha value is -2.89. The predicted octanol–water partition coefficient (Wildman–Crippen LogP) is 1.55. The fraction of sp³-hybridized carbons (Fsp3) is 0.429. The first-order chi connectivity index (χ1) is 15.4. The van der Waals surface area contributed by atoms with Gasteiger partial charge in [0, 0.05) is 19.6 Å². The number of hydrogen-bond acceptors (Lipinski definition) is 7. The van der Waals surface area contributed by atoms with Crippen molar-refractivity contribution in [3.8, 4) is 5.75 Å². The largest absolute Gasteiger partial charge is 0.495 e. The fourth-order valence-corrected chi connectivity index (χ4v) is 5.36. The van der Waals surface area contributed by atoms with Gasteiger partial charge in [-0.25, -0.2) is 8.42 Å². The van der Waals surface area contributed by atoms with E-state index in [4.69, 9.17) is 13.9 Å². The zero-order chi connectivity index (χ0) is 22.7. The Bertz CT molecular complexity index is 1080. The molecule has 2 aliphatic rings. The maximum atomic E-state index is 13.1. The minimum absolute atomic E-state index is 0.0467. The van der Waals surface area contributed by atoms with Crippen LogP contribution in [0.5, 0.6) is 5.75 Å². The molecule has 11 heteroatoms. The third-order valence-electron chi connectivity index (χ3n) is 5.58. The molecule has 1 N–H and O–H groups in total. The number of benzene rings is 1. The third-order valence-corrected chi connectivity index (χ3v) is 7.48. The van der Waals surface area contributed by atoms with Crippen LogP contribution in [0.1, 0.15) is 23.4 Å². The predicted molar refractivity (Wildman–Crippen MR) is 114 cm³/mol. The van der Waals surface area contributed by atoms with Crippen LogP contribution in [0, 0.1) is 0 Å². The Balaban J connectivity index is 1.55. The van der Waals surface area contributed by atoms with Crippen molar-refractivity contribution in [3.63, 3.8) is 0 Å². The van der Waals surface area contributed by atoms with Gasteiger partial charge in [-0.15, -0.1) is 0 Å². The molecular formula is C21H25N3O7S. The molecule has 4 rings (SSSR count). The summed E-state index contributed by atoms with van der Waals surface area (Å²) in [6.07, 6.45) is 2.57. The van der Waals surface area contributed by atoms with Crippen LogP contribution in [-0.2, 0) is 19.6 Å². The molecule has 172 valence electrons. The minimum atomic E-state index is -3.75. The number of hydrogen-bond donors (Lipinski definition) is 1. The lowest BCUT2D eigenvalue weighted by Crippen LogP contribution is -2.43. The van der Waals surface area contributed by atoms with Gasteiger partial charge in [0.2, 0.25) is 15.9 Å². The molecule has 2 amide bonds. The van der Waals surface area contributed by atoms with Crippen molar-refractivity contribution in [1.82, 2.24) is 9.21 Å². The summed E-state index contributed by atoms with van der Waals surface area (Å²) in [4.78, 5) is 27.3. The van der Waals surface area contributed by atoms with Gasteiger partial charge in [0.1, 0.15) is 11.8 Å². The standard InChI is InChI=1S/C21H25N3O7S/c1-29-18-7-6-15(32(27,28)23-9-12-30-13-10-23)14-16(18)22-20(25)17-4-2-8-24(17)21(26)19-5-3-11-31-19/h3,5-7,11,14,17H,2,4,8-10,12-13H2,1H3,(H,22,25)/t17-/m0/s1. The molecule has 10 nitrogen and oxygen atoms in total. The second-order valence-corrected chi connectivity index (χ2v) is 9.44. The molecule has 0 unspecified atom stereocenters. The first kappa shape index (κ1) is 22.3. The van der Waals surface area contributed by atoms with Crippen molar-refractivity contribution in [2.45, 2.75) is 23.8 Å². The van der Waals surface area contributed by atoms with Crippen molar-refractivity contribution in [2.24, 2.45) is 0 Å². The Kier molecular flexibility index (Phi) is 6.49. The molecule has 3 heterocycles. The second-order valence-electron chi connectivity index (χ2n) is 7.50. The fourth-order valence-electron chi connectivity index (χ4n) is 3.92. The van der Waals surface area contributed by atoms with Crippen LogP contribution in [0.3, 0.4) is 0 Å². The van der Waals surface area contributed by atoms with E-state index >= 15 is 0 Å². The number of methoxy groups -OCH3 is 1. The van der Waals surface area contributed by atoms with Crippen molar-refractivity contribution in [3.05, 3.63) is 42.4 Å². The van der Waals surface area contributed by atoms with E-state index in [1.807, 2.05) is 0 Å². The van der Waals surface area contributed by atoms with Gasteiger partial charge >= 0.3 is 0 Å². The molecule has 32 heavy (non-hydrogen) atoms. The van der Waals surface area contributed by atoms with Gasteiger partial charge in [-0.2, -0.15) is 4.31 Å². The van der Waals surface area contributed by atoms with Crippen molar-refractivity contribution in [2.75, 3.05) is 45.3 Å². The number of carbonyl (C=O) groups excluding carboxylic acids is 2. The van der Waals surface area contributed by atoms with Gasteiger partial charge in [-0.3, -0.25) is 9.59 Å². The smallest absolute Gasteiger partial charge is 0.290 e. The summed E-state index contributed by atoms with van der Waals surface area (Å²) in [7, 11) is -2.31. The van der Waals surface area contributed by atoms with Gasteiger partial charge in [0.15, 0.2) is 5.76 Å². The lowest BCUT2D eigenvalue weighted by Gasteiger charge is -2.26. The van der Waals surface area contributed by atoms with Crippen molar-refractivity contribution >= 4 is 27.5 Å². The number of sulfonamides is 1. The summed E-state index contributed by atoms with van der Waals surface area (Å²) in [5.74, 6) is -0.285. The first-order valence-corrected chi connectivity index (χ1v) is 11.8. The monoisotopic (exact) mass is 463 g/mol. The normalized spacial score (nSPS) is 19.7. The van der Waals surface area contributed by atoms with Crippen molar-refractivity contribution in [1.29, 1.82) is 0 Å². The zero-order valence-corrected chi connectivity index (χ0v) is 18.5. The molecule has 1 aromatic heterocycles. The number of morpholine rings is 1. The highest BCUT2D eigenvalue weighted by Gasteiger charge is 2.36. The van der Waals surface area contributed by atoms with Crippen LogP contribution in [-0.4, -0.2) is 75.4 Å². The second kappa shape index (κ2) is 9.31.